The summed E-state index contributed by atoms with van der Waals surface area (Å²) in [5.41, 5.74) is 1.65. The molecule has 0 aromatic heterocycles. The van der Waals surface area contributed by atoms with E-state index in [2.05, 4.69) is 54.2 Å². The number of aliphatic imine (C=N–C) groups is 1. The molecule has 4 fully saturated rings. The minimum Gasteiger partial charge on any atom is -0.316 e. The van der Waals surface area contributed by atoms with Crippen molar-refractivity contribution < 1.29 is 0 Å². The lowest BCUT2D eigenvalue weighted by molar-refractivity contribution is -0.0173. The van der Waals surface area contributed by atoms with Gasteiger partial charge in [-0.3, -0.25) is 4.99 Å². The van der Waals surface area contributed by atoms with Gasteiger partial charge in [0.1, 0.15) is 0 Å². The molecule has 0 amide bonds. The lowest BCUT2D eigenvalue weighted by Gasteiger charge is -2.52. The number of fused-ring (bicyclic) bond motifs is 2. The molecule has 0 spiro atoms. The van der Waals surface area contributed by atoms with Crippen molar-refractivity contribution in [3.05, 3.63) is 36.0 Å². The lowest BCUT2D eigenvalue weighted by atomic mass is 9.53. The second kappa shape index (κ2) is 14.5. The predicted molar refractivity (Wildman–Crippen MR) is 182 cm³/mol. The van der Waals surface area contributed by atoms with Crippen LogP contribution in [-0.2, 0) is 0 Å². The van der Waals surface area contributed by atoms with Gasteiger partial charge in [-0.1, -0.05) is 55.7 Å². The van der Waals surface area contributed by atoms with Crippen molar-refractivity contribution in [2.75, 3.05) is 19.6 Å². The van der Waals surface area contributed by atoms with Crippen LogP contribution in [0.25, 0.3) is 0 Å². The molecule has 3 nitrogen and oxygen atoms in total. The van der Waals surface area contributed by atoms with Crippen molar-refractivity contribution >= 4 is 6.21 Å². The summed E-state index contributed by atoms with van der Waals surface area (Å²) in [5.74, 6) is 9.07. The first-order valence-corrected chi connectivity index (χ1v) is 19.2. The molecular weight excluding hydrogens is 522 g/mol. The maximum atomic E-state index is 5.11. The van der Waals surface area contributed by atoms with E-state index < -0.39 is 0 Å². The summed E-state index contributed by atoms with van der Waals surface area (Å²) in [5, 5.41) is 7.55. The summed E-state index contributed by atoms with van der Waals surface area (Å²) in [6.45, 7) is 6.03. The normalized spacial score (nSPS) is 43.8. The number of nitrogens with one attached hydrogen (secondary N) is 2. The van der Waals surface area contributed by atoms with Gasteiger partial charge in [0.25, 0.3) is 0 Å². The Balaban J connectivity index is 1.00. The molecule has 7 rings (SSSR count). The summed E-state index contributed by atoms with van der Waals surface area (Å²) in [6, 6.07) is 1.09. The third-order valence-electron chi connectivity index (χ3n) is 14.0. The molecule has 2 N–H and O–H groups in total. The average molecular weight is 586 g/mol. The van der Waals surface area contributed by atoms with Crippen LogP contribution in [0.2, 0.25) is 0 Å². The molecule has 0 radical (unpaired) electrons. The van der Waals surface area contributed by atoms with Crippen molar-refractivity contribution in [2.24, 2.45) is 64.2 Å². The molecule has 43 heavy (non-hydrogen) atoms. The van der Waals surface area contributed by atoms with Crippen LogP contribution < -0.4 is 10.6 Å². The third kappa shape index (κ3) is 7.14. The van der Waals surface area contributed by atoms with Gasteiger partial charge in [0, 0.05) is 31.3 Å². The first kappa shape index (κ1) is 30.5. The monoisotopic (exact) mass is 586 g/mol. The standard InChI is InChI=1S/C40H63N3/c1-28(15-16-32(26-42-35-11-3-2-4-12-35)34-24-40(43-27-34)33-21-22-41-25-33)36-19-20-37(39-14-8-7-13-38(36)39)31-18-17-29-9-5-6-10-30(29)23-31/h3,5,9,11,16,27-31,33-42H,2,4,6-8,10,12-15,17-26H2,1H3/b32-16+/t28?,29?,30?,31-,33?,34?,35?,36?,37?,38?,39?,40?/m0/s1. The molecule has 0 aromatic carbocycles. The molecule has 0 aromatic rings. The summed E-state index contributed by atoms with van der Waals surface area (Å²) in [7, 11) is 0. The Bertz CT molecular complexity index is 1020. The SMILES string of the molecule is CC(C/C=C(\CNC1C=CCCC1)C1C=NC(C2CCNC2)C1)C1CCC([C@H]2CCC3C=CCCC3C2)C2CCCCC12. The van der Waals surface area contributed by atoms with Gasteiger partial charge in [-0.2, -0.15) is 0 Å². The fourth-order valence-electron chi connectivity index (χ4n) is 11.5. The minimum absolute atomic E-state index is 0.536. The molecular formula is C40H63N3. The van der Waals surface area contributed by atoms with E-state index in [-0.39, 0.29) is 0 Å². The number of rotatable bonds is 9. The van der Waals surface area contributed by atoms with E-state index in [0.29, 0.717) is 18.0 Å². The van der Waals surface area contributed by atoms with Gasteiger partial charge in [-0.25, -0.2) is 0 Å². The number of hydrogen-bond acceptors (Lipinski definition) is 3. The number of nitrogens with zero attached hydrogens (tertiary/aromatic N) is 1. The van der Waals surface area contributed by atoms with Crippen LogP contribution in [0.15, 0.2) is 40.9 Å². The number of hydrogen-bond donors (Lipinski definition) is 2. The summed E-state index contributed by atoms with van der Waals surface area (Å²) >= 11 is 0. The van der Waals surface area contributed by atoms with E-state index in [0.717, 1.165) is 59.8 Å². The molecule has 2 aliphatic heterocycles. The Morgan fingerprint density at radius 1 is 0.837 bits per heavy atom. The zero-order chi connectivity index (χ0) is 29.0. The fraction of sp³-hybridized carbons (Fsp3) is 0.825. The Hall–Kier alpha value is -1.19. The molecule has 7 aliphatic rings. The van der Waals surface area contributed by atoms with Gasteiger partial charge in [0.05, 0.1) is 6.04 Å². The Kier molecular flexibility index (Phi) is 10.3. The third-order valence-corrected chi connectivity index (χ3v) is 14.0. The van der Waals surface area contributed by atoms with E-state index in [9.17, 15) is 0 Å². The van der Waals surface area contributed by atoms with E-state index >= 15 is 0 Å². The van der Waals surface area contributed by atoms with Gasteiger partial charge in [0.15, 0.2) is 0 Å². The lowest BCUT2D eigenvalue weighted by Crippen LogP contribution is -2.43. The minimum atomic E-state index is 0.536. The quantitative estimate of drug-likeness (QED) is 0.265. The van der Waals surface area contributed by atoms with Crippen LogP contribution in [-0.4, -0.2) is 37.9 Å². The Labute approximate surface area is 264 Å². The molecule has 11 unspecified atom stereocenters. The van der Waals surface area contributed by atoms with Gasteiger partial charge < -0.3 is 10.6 Å². The van der Waals surface area contributed by atoms with Gasteiger partial charge in [-0.05, 0) is 156 Å². The summed E-state index contributed by atoms with van der Waals surface area (Å²) in [6.07, 6.45) is 39.2. The van der Waals surface area contributed by atoms with E-state index in [1.807, 2.05) is 0 Å². The van der Waals surface area contributed by atoms with E-state index in [1.54, 1.807) is 18.4 Å². The van der Waals surface area contributed by atoms with Crippen LogP contribution >= 0.6 is 0 Å². The van der Waals surface area contributed by atoms with E-state index in [4.69, 9.17) is 4.99 Å². The maximum absolute atomic E-state index is 5.11. The summed E-state index contributed by atoms with van der Waals surface area (Å²) < 4.78 is 0. The first-order valence-electron chi connectivity index (χ1n) is 19.2. The van der Waals surface area contributed by atoms with E-state index in [1.165, 1.54) is 109 Å². The Morgan fingerprint density at radius 2 is 1.74 bits per heavy atom. The van der Waals surface area contributed by atoms with Crippen LogP contribution in [0.5, 0.6) is 0 Å². The molecule has 12 atom stereocenters. The second-order valence-electron chi connectivity index (χ2n) is 16.3. The zero-order valence-electron chi connectivity index (χ0n) is 27.5. The van der Waals surface area contributed by atoms with Gasteiger partial charge in [-0.15, -0.1) is 0 Å². The molecule has 3 heteroatoms. The molecule has 1 saturated heterocycles. The molecule has 5 aliphatic carbocycles. The van der Waals surface area contributed by atoms with Crippen molar-refractivity contribution in [1.82, 2.24) is 10.6 Å². The highest BCUT2D eigenvalue weighted by Crippen LogP contribution is 2.55. The molecule has 238 valence electrons. The largest absolute Gasteiger partial charge is 0.316 e. The number of allylic oxidation sites excluding steroid dienone is 4. The highest BCUT2D eigenvalue weighted by Gasteiger charge is 2.46. The van der Waals surface area contributed by atoms with Crippen molar-refractivity contribution in [2.45, 2.75) is 128 Å². The second-order valence-corrected chi connectivity index (χ2v) is 16.3. The summed E-state index contributed by atoms with van der Waals surface area (Å²) in [4.78, 5) is 5.11. The Morgan fingerprint density at radius 3 is 2.60 bits per heavy atom. The highest BCUT2D eigenvalue weighted by molar-refractivity contribution is 5.68. The van der Waals surface area contributed by atoms with Gasteiger partial charge >= 0.3 is 0 Å². The molecule has 3 saturated carbocycles. The topological polar surface area (TPSA) is 36.4 Å². The molecule has 0 bridgehead atoms. The fourth-order valence-corrected chi connectivity index (χ4v) is 11.5. The average Bonchev–Trinajstić information content (AvgIpc) is 3.78. The maximum Gasteiger partial charge on any atom is 0.0546 e. The first-order chi connectivity index (χ1) is 21.2. The zero-order valence-corrected chi connectivity index (χ0v) is 27.5. The molecule has 2 heterocycles. The van der Waals surface area contributed by atoms with Crippen molar-refractivity contribution in [1.29, 1.82) is 0 Å². The van der Waals surface area contributed by atoms with Crippen molar-refractivity contribution in [3.8, 4) is 0 Å². The van der Waals surface area contributed by atoms with Crippen LogP contribution in [0.1, 0.15) is 116 Å². The van der Waals surface area contributed by atoms with Crippen LogP contribution in [0.3, 0.4) is 0 Å². The van der Waals surface area contributed by atoms with Crippen LogP contribution in [0.4, 0.5) is 0 Å². The highest BCUT2D eigenvalue weighted by atomic mass is 14.9. The van der Waals surface area contributed by atoms with Crippen molar-refractivity contribution in [3.63, 3.8) is 0 Å². The van der Waals surface area contributed by atoms with Gasteiger partial charge in [0.2, 0.25) is 0 Å². The predicted octanol–water partition coefficient (Wildman–Crippen LogP) is 8.92. The smallest absolute Gasteiger partial charge is 0.0546 e. The van der Waals surface area contributed by atoms with Crippen LogP contribution in [0, 0.1) is 59.2 Å².